The molecular weight excluding hydrogens is 284 g/mol. The van der Waals surface area contributed by atoms with Crippen molar-refractivity contribution in [1.29, 1.82) is 0 Å². The topological polar surface area (TPSA) is 86.3 Å². The number of hydrogen-bond donors (Lipinski definition) is 0. The van der Waals surface area contributed by atoms with Gasteiger partial charge in [-0.15, -0.1) is 6.42 Å². The maximum absolute atomic E-state index is 10.9. The summed E-state index contributed by atoms with van der Waals surface area (Å²) in [5, 5.41) is 21.9. The van der Waals surface area contributed by atoms with Crippen LogP contribution in [0.1, 0.15) is 11.1 Å². The van der Waals surface area contributed by atoms with E-state index >= 15 is 0 Å². The molecule has 0 atom stereocenters. The maximum atomic E-state index is 10.9. The average molecular weight is 292 g/mol. The summed E-state index contributed by atoms with van der Waals surface area (Å²) in [4.78, 5) is 20.9. The molecule has 0 saturated carbocycles. The lowest BCUT2D eigenvalue weighted by Crippen LogP contribution is -1.90. The van der Waals surface area contributed by atoms with Crippen molar-refractivity contribution in [1.82, 2.24) is 0 Å². The molecule has 6 heteroatoms. The summed E-state index contributed by atoms with van der Waals surface area (Å²) in [7, 11) is 0. The number of terminal acetylenes is 1. The van der Waals surface area contributed by atoms with E-state index in [2.05, 4.69) is 5.92 Å². The van der Waals surface area contributed by atoms with Gasteiger partial charge in [-0.3, -0.25) is 20.2 Å². The highest BCUT2D eigenvalue weighted by Crippen LogP contribution is 2.46. The van der Waals surface area contributed by atoms with Gasteiger partial charge in [-0.25, -0.2) is 0 Å². The SMILES string of the molecule is C#CC=C1c2cc([N+](=O)[O-])ccc2-c2ccc([N+](=O)[O-])cc21. The largest absolute Gasteiger partial charge is 0.270 e. The quantitative estimate of drug-likeness (QED) is 0.410. The van der Waals surface area contributed by atoms with Crippen molar-refractivity contribution in [2.24, 2.45) is 0 Å². The van der Waals surface area contributed by atoms with Crippen LogP contribution >= 0.6 is 0 Å². The first-order valence-electron chi connectivity index (χ1n) is 6.27. The van der Waals surface area contributed by atoms with Crippen molar-refractivity contribution < 1.29 is 9.85 Å². The van der Waals surface area contributed by atoms with Crippen molar-refractivity contribution in [3.05, 3.63) is 73.8 Å². The van der Waals surface area contributed by atoms with E-state index in [1.165, 1.54) is 30.3 Å². The smallest absolute Gasteiger partial charge is 0.258 e. The van der Waals surface area contributed by atoms with Crippen molar-refractivity contribution in [2.75, 3.05) is 0 Å². The van der Waals surface area contributed by atoms with Crippen LogP contribution in [-0.4, -0.2) is 9.85 Å². The summed E-state index contributed by atoms with van der Waals surface area (Å²) < 4.78 is 0. The summed E-state index contributed by atoms with van der Waals surface area (Å²) >= 11 is 0. The molecule has 0 aromatic heterocycles. The molecule has 0 spiro atoms. The molecule has 22 heavy (non-hydrogen) atoms. The fourth-order valence-electron chi connectivity index (χ4n) is 2.59. The Balaban J connectivity index is 2.29. The molecule has 0 fully saturated rings. The molecule has 0 saturated heterocycles. The van der Waals surface area contributed by atoms with Gasteiger partial charge in [-0.05, 0) is 46.0 Å². The molecule has 2 aromatic carbocycles. The Kier molecular flexibility index (Phi) is 2.96. The first-order valence-corrected chi connectivity index (χ1v) is 6.27. The fraction of sp³-hybridized carbons (Fsp3) is 0. The van der Waals surface area contributed by atoms with Crippen LogP contribution in [0.15, 0.2) is 42.5 Å². The van der Waals surface area contributed by atoms with Gasteiger partial charge in [0.05, 0.1) is 9.85 Å². The Hall–Kier alpha value is -3.46. The lowest BCUT2D eigenvalue weighted by atomic mass is 10.0. The van der Waals surface area contributed by atoms with E-state index in [9.17, 15) is 20.2 Å². The molecule has 0 bridgehead atoms. The summed E-state index contributed by atoms with van der Waals surface area (Å²) in [5.41, 5.74) is 3.26. The predicted octanol–water partition coefficient (Wildman–Crippen LogP) is 3.55. The molecule has 0 aliphatic heterocycles. The summed E-state index contributed by atoms with van der Waals surface area (Å²) in [6.45, 7) is 0. The summed E-state index contributed by atoms with van der Waals surface area (Å²) in [6.07, 6.45) is 6.79. The highest BCUT2D eigenvalue weighted by molar-refractivity contribution is 6.02. The summed E-state index contributed by atoms with van der Waals surface area (Å²) in [6, 6.07) is 8.95. The van der Waals surface area contributed by atoms with Gasteiger partial charge in [-0.1, -0.05) is 5.92 Å². The molecule has 0 radical (unpaired) electrons. The number of rotatable bonds is 2. The Bertz CT molecular complexity index is 841. The van der Waals surface area contributed by atoms with Crippen LogP contribution in [0.4, 0.5) is 11.4 Å². The minimum absolute atomic E-state index is 0.0519. The van der Waals surface area contributed by atoms with Gasteiger partial charge in [0, 0.05) is 24.3 Å². The molecule has 106 valence electrons. The number of fused-ring (bicyclic) bond motifs is 3. The molecule has 0 unspecified atom stereocenters. The molecule has 0 amide bonds. The van der Waals surface area contributed by atoms with Crippen LogP contribution in [0.25, 0.3) is 16.7 Å². The lowest BCUT2D eigenvalue weighted by Gasteiger charge is -2.00. The molecule has 0 heterocycles. The Labute approximate surface area is 125 Å². The third kappa shape index (κ3) is 1.93. The molecule has 1 aliphatic carbocycles. The van der Waals surface area contributed by atoms with E-state index in [0.29, 0.717) is 16.7 Å². The van der Waals surface area contributed by atoms with E-state index < -0.39 is 9.85 Å². The van der Waals surface area contributed by atoms with E-state index in [1.54, 1.807) is 12.1 Å². The number of nitro groups is 2. The highest BCUT2D eigenvalue weighted by atomic mass is 16.6. The van der Waals surface area contributed by atoms with E-state index in [0.717, 1.165) is 11.1 Å². The average Bonchev–Trinajstić information content (AvgIpc) is 2.80. The van der Waals surface area contributed by atoms with Crippen LogP contribution < -0.4 is 0 Å². The zero-order valence-corrected chi connectivity index (χ0v) is 11.1. The van der Waals surface area contributed by atoms with E-state index in [-0.39, 0.29) is 11.4 Å². The number of allylic oxidation sites excluding steroid dienone is 1. The van der Waals surface area contributed by atoms with Crippen molar-refractivity contribution in [3.8, 4) is 23.5 Å². The molecule has 6 nitrogen and oxygen atoms in total. The molecule has 3 rings (SSSR count). The van der Waals surface area contributed by atoms with Crippen LogP contribution in [-0.2, 0) is 0 Å². The molecule has 0 N–H and O–H groups in total. The van der Waals surface area contributed by atoms with Crippen molar-refractivity contribution in [3.63, 3.8) is 0 Å². The van der Waals surface area contributed by atoms with E-state index in [1.807, 2.05) is 0 Å². The number of non-ortho nitro benzene ring substituents is 2. The number of hydrogen-bond acceptors (Lipinski definition) is 4. The molecule has 1 aliphatic rings. The van der Waals surface area contributed by atoms with Gasteiger partial charge in [-0.2, -0.15) is 0 Å². The Morgan fingerprint density at radius 2 is 1.32 bits per heavy atom. The summed E-state index contributed by atoms with van der Waals surface area (Å²) in [5.74, 6) is 2.39. The highest BCUT2D eigenvalue weighted by Gasteiger charge is 2.27. The first kappa shape index (κ1) is 13.5. The third-order valence-electron chi connectivity index (χ3n) is 3.53. The second-order valence-electron chi connectivity index (χ2n) is 4.70. The maximum Gasteiger partial charge on any atom is 0.270 e. The monoisotopic (exact) mass is 292 g/mol. The first-order chi connectivity index (χ1) is 10.5. The molecule has 2 aromatic rings. The zero-order chi connectivity index (χ0) is 15.9. The number of nitrogens with zero attached hydrogens (tertiary/aromatic N) is 2. The second-order valence-corrected chi connectivity index (χ2v) is 4.70. The van der Waals surface area contributed by atoms with Gasteiger partial charge < -0.3 is 0 Å². The number of nitro benzene ring substituents is 2. The van der Waals surface area contributed by atoms with Gasteiger partial charge in [0.1, 0.15) is 0 Å². The standard InChI is InChI=1S/C16H8N2O4/c1-2-3-12-15-8-10(17(19)20)4-6-13(15)14-7-5-11(18(21)22)9-16(12)14/h1,3-9H. The number of benzene rings is 2. The normalized spacial score (nSPS) is 11.3. The molecular formula is C16H8N2O4. The van der Waals surface area contributed by atoms with Crippen LogP contribution in [0.5, 0.6) is 0 Å². The van der Waals surface area contributed by atoms with Gasteiger partial charge in [0.2, 0.25) is 0 Å². The fourth-order valence-corrected chi connectivity index (χ4v) is 2.59. The zero-order valence-electron chi connectivity index (χ0n) is 11.1. The van der Waals surface area contributed by atoms with Crippen molar-refractivity contribution in [2.45, 2.75) is 0 Å². The Morgan fingerprint density at radius 3 is 1.68 bits per heavy atom. The van der Waals surface area contributed by atoms with Gasteiger partial charge in [0.15, 0.2) is 0 Å². The van der Waals surface area contributed by atoms with Gasteiger partial charge in [0.25, 0.3) is 11.4 Å². The minimum Gasteiger partial charge on any atom is -0.258 e. The van der Waals surface area contributed by atoms with Crippen LogP contribution in [0.2, 0.25) is 0 Å². The van der Waals surface area contributed by atoms with Gasteiger partial charge >= 0.3 is 0 Å². The van der Waals surface area contributed by atoms with E-state index in [4.69, 9.17) is 6.42 Å². The second kappa shape index (κ2) is 4.82. The van der Waals surface area contributed by atoms with Crippen LogP contribution in [0, 0.1) is 32.6 Å². The van der Waals surface area contributed by atoms with Crippen LogP contribution in [0.3, 0.4) is 0 Å². The predicted molar refractivity (Wildman–Crippen MR) is 81.1 cm³/mol. The lowest BCUT2D eigenvalue weighted by molar-refractivity contribution is -0.385. The third-order valence-corrected chi connectivity index (χ3v) is 3.53. The Morgan fingerprint density at radius 1 is 0.864 bits per heavy atom. The van der Waals surface area contributed by atoms with Crippen molar-refractivity contribution >= 4 is 16.9 Å². The minimum atomic E-state index is -0.487.